The predicted octanol–water partition coefficient (Wildman–Crippen LogP) is 2.89. The molecule has 1 aliphatic rings. The fourth-order valence-corrected chi connectivity index (χ4v) is 4.27. The maximum absolute atomic E-state index is 12.8. The molecule has 1 aliphatic heterocycles. The first-order valence-electron chi connectivity index (χ1n) is 8.77. The van der Waals surface area contributed by atoms with Crippen molar-refractivity contribution in [2.24, 2.45) is 0 Å². The number of rotatable bonds is 4. The molecule has 1 N–H and O–H groups in total. The van der Waals surface area contributed by atoms with Crippen molar-refractivity contribution in [3.63, 3.8) is 0 Å². The molecule has 160 valence electrons. The second kappa shape index (κ2) is 9.41. The van der Waals surface area contributed by atoms with E-state index in [1.54, 1.807) is 41.1 Å². The van der Waals surface area contributed by atoms with Gasteiger partial charge in [-0.25, -0.2) is 22.4 Å². The first-order chi connectivity index (χ1) is 14.8. The van der Waals surface area contributed by atoms with E-state index in [0.29, 0.717) is 10.5 Å². The van der Waals surface area contributed by atoms with Gasteiger partial charge >= 0.3 is 6.09 Å². The summed E-state index contributed by atoms with van der Waals surface area (Å²) in [5.41, 5.74) is 2.17. The van der Waals surface area contributed by atoms with Crippen LogP contribution in [0.3, 0.4) is 0 Å². The van der Waals surface area contributed by atoms with Gasteiger partial charge in [0.1, 0.15) is 0 Å². The largest absolute Gasteiger partial charge is 0.440 e. The lowest BCUT2D eigenvalue weighted by molar-refractivity contribution is 0.0416. The van der Waals surface area contributed by atoms with E-state index in [0.717, 1.165) is 10.4 Å². The lowest BCUT2D eigenvalue weighted by Gasteiger charge is -2.16. The molecule has 11 heteroatoms. The number of hydrogen-bond acceptors (Lipinski definition) is 7. The molecule has 0 atom stereocenters. The molecule has 1 aromatic heterocycles. The highest BCUT2D eigenvalue weighted by Gasteiger charge is 2.23. The number of allylic oxidation sites excluding steroid dienone is 4. The zero-order valence-corrected chi connectivity index (χ0v) is 17.8. The molecule has 0 saturated carbocycles. The summed E-state index contributed by atoms with van der Waals surface area (Å²) >= 11 is 1.29. The van der Waals surface area contributed by atoms with Crippen LogP contribution in [0.1, 0.15) is 20.7 Å². The fourth-order valence-electron chi connectivity index (χ4n) is 2.41. The summed E-state index contributed by atoms with van der Waals surface area (Å²) in [6, 6.07) is 6.79. The van der Waals surface area contributed by atoms with Gasteiger partial charge in [-0.1, -0.05) is 18.2 Å². The Labute approximate surface area is 182 Å². The molecule has 2 aromatic rings. The molecule has 9 nitrogen and oxygen atoms in total. The van der Waals surface area contributed by atoms with Crippen molar-refractivity contribution in [2.75, 3.05) is 7.05 Å². The van der Waals surface area contributed by atoms with E-state index in [4.69, 9.17) is 0 Å². The van der Waals surface area contributed by atoms with Gasteiger partial charge in [-0.3, -0.25) is 9.59 Å². The van der Waals surface area contributed by atoms with Gasteiger partial charge in [-0.2, -0.15) is 16.8 Å². The summed E-state index contributed by atoms with van der Waals surface area (Å²) < 4.78 is 26.6. The summed E-state index contributed by atoms with van der Waals surface area (Å²) in [5, 5.41) is 3.25. The van der Waals surface area contributed by atoms with Crippen LogP contribution in [0.4, 0.5) is 4.79 Å². The Morgan fingerprint density at radius 1 is 1.03 bits per heavy atom. The van der Waals surface area contributed by atoms with Gasteiger partial charge in [-0.05, 0) is 41.8 Å². The molecule has 31 heavy (non-hydrogen) atoms. The van der Waals surface area contributed by atoms with Crippen molar-refractivity contribution in [1.82, 2.24) is 14.7 Å². The first-order valence-corrected chi connectivity index (χ1v) is 11.2. The van der Waals surface area contributed by atoms with Crippen LogP contribution in [0.15, 0.2) is 82.7 Å². The molecular weight excluding hydrogens is 442 g/mol. The third-order valence-electron chi connectivity index (χ3n) is 4.05. The van der Waals surface area contributed by atoms with Gasteiger partial charge in [0.15, 0.2) is 0 Å². The molecule has 0 saturated heterocycles. The maximum atomic E-state index is 12.8. The summed E-state index contributed by atoms with van der Waals surface area (Å²) in [5.74, 6) is -1.45. The standard InChI is InChI=1S/C20H17N3O6S2/c1-22(19(25)16-9-12-30-14-16)20(26)29-21-18(24)15-7-6-8-17(13-15)31(27,28)23-10-4-2-3-5-11-23/h2-14H,1H3,(H,21,24). The van der Waals surface area contributed by atoms with E-state index >= 15 is 0 Å². The van der Waals surface area contributed by atoms with E-state index in [9.17, 15) is 22.8 Å². The highest BCUT2D eigenvalue weighted by molar-refractivity contribution is 7.89. The lowest BCUT2D eigenvalue weighted by atomic mass is 10.2. The van der Waals surface area contributed by atoms with E-state index in [1.807, 2.05) is 5.48 Å². The van der Waals surface area contributed by atoms with Crippen LogP contribution in [0.2, 0.25) is 0 Å². The van der Waals surface area contributed by atoms with Crippen LogP contribution >= 0.6 is 11.3 Å². The Morgan fingerprint density at radius 3 is 2.39 bits per heavy atom. The minimum absolute atomic E-state index is 0.0541. The Morgan fingerprint density at radius 2 is 1.74 bits per heavy atom. The van der Waals surface area contributed by atoms with Crippen LogP contribution in [0.25, 0.3) is 0 Å². The van der Waals surface area contributed by atoms with Crippen molar-refractivity contribution in [3.8, 4) is 0 Å². The summed E-state index contributed by atoms with van der Waals surface area (Å²) in [6.07, 6.45) is 8.09. The highest BCUT2D eigenvalue weighted by atomic mass is 32.2. The van der Waals surface area contributed by atoms with Crippen LogP contribution in [0, 0.1) is 0 Å². The number of thiophene rings is 1. The van der Waals surface area contributed by atoms with E-state index in [2.05, 4.69) is 4.84 Å². The number of benzene rings is 1. The molecule has 3 rings (SSSR count). The third-order valence-corrected chi connectivity index (χ3v) is 6.38. The molecule has 2 heterocycles. The van der Waals surface area contributed by atoms with Gasteiger partial charge < -0.3 is 4.84 Å². The summed E-state index contributed by atoms with van der Waals surface area (Å²) in [4.78, 5) is 41.7. The molecular formula is C20H17N3O6S2. The Hall–Kier alpha value is -3.70. The fraction of sp³-hybridized carbons (Fsp3) is 0.0500. The van der Waals surface area contributed by atoms with Crippen molar-refractivity contribution in [3.05, 3.63) is 88.9 Å². The monoisotopic (exact) mass is 459 g/mol. The number of hydroxylamine groups is 1. The number of imide groups is 1. The van der Waals surface area contributed by atoms with Crippen molar-refractivity contribution in [1.29, 1.82) is 0 Å². The van der Waals surface area contributed by atoms with Gasteiger partial charge in [-0.15, -0.1) is 0 Å². The minimum atomic E-state index is -3.94. The SMILES string of the molecule is CN(C(=O)ONC(=O)c1cccc(S(=O)(=O)N2C=CC=CC=C2)c1)C(=O)c1ccsc1. The number of sulfonamides is 1. The molecule has 0 aliphatic carbocycles. The van der Waals surface area contributed by atoms with Crippen molar-refractivity contribution >= 4 is 39.3 Å². The van der Waals surface area contributed by atoms with E-state index < -0.39 is 27.9 Å². The zero-order chi connectivity index (χ0) is 22.4. The normalized spacial score (nSPS) is 12.9. The Bertz CT molecular complexity index is 1170. The third kappa shape index (κ3) is 5.08. The van der Waals surface area contributed by atoms with E-state index in [-0.39, 0.29) is 10.5 Å². The van der Waals surface area contributed by atoms with Crippen molar-refractivity contribution < 1.29 is 27.6 Å². The Kier molecular flexibility index (Phi) is 6.68. The molecule has 0 unspecified atom stereocenters. The molecule has 0 fully saturated rings. The van der Waals surface area contributed by atoms with Gasteiger partial charge in [0.25, 0.3) is 21.8 Å². The second-order valence-electron chi connectivity index (χ2n) is 6.11. The molecule has 1 aromatic carbocycles. The zero-order valence-electron chi connectivity index (χ0n) is 16.2. The number of nitrogens with zero attached hydrogens (tertiary/aromatic N) is 2. The summed E-state index contributed by atoms with van der Waals surface area (Å²) in [7, 11) is -2.74. The quantitative estimate of drug-likeness (QED) is 0.704. The number of nitrogens with one attached hydrogen (secondary N) is 1. The molecule has 0 bridgehead atoms. The summed E-state index contributed by atoms with van der Waals surface area (Å²) in [6.45, 7) is 0. The van der Waals surface area contributed by atoms with Gasteiger partial charge in [0.2, 0.25) is 0 Å². The molecule has 0 spiro atoms. The number of carbonyl (C=O) groups excluding carboxylic acids is 3. The van der Waals surface area contributed by atoms with Crippen LogP contribution < -0.4 is 5.48 Å². The lowest BCUT2D eigenvalue weighted by Crippen LogP contribution is -2.38. The average molecular weight is 460 g/mol. The predicted molar refractivity (Wildman–Crippen MR) is 113 cm³/mol. The Balaban J connectivity index is 1.67. The maximum Gasteiger partial charge on any atom is 0.440 e. The van der Waals surface area contributed by atoms with Crippen LogP contribution in [0.5, 0.6) is 0 Å². The molecule has 0 radical (unpaired) electrons. The van der Waals surface area contributed by atoms with Gasteiger partial charge in [0.05, 0.1) is 10.5 Å². The topological polar surface area (TPSA) is 113 Å². The minimum Gasteiger partial charge on any atom is -0.321 e. The highest BCUT2D eigenvalue weighted by Crippen LogP contribution is 2.19. The smallest absolute Gasteiger partial charge is 0.321 e. The second-order valence-corrected chi connectivity index (χ2v) is 8.73. The molecule has 3 amide bonds. The average Bonchev–Trinajstić information content (AvgIpc) is 3.17. The number of carbonyl (C=O) groups is 3. The number of hydrogen-bond donors (Lipinski definition) is 1. The van der Waals surface area contributed by atoms with Gasteiger partial charge in [0, 0.05) is 30.4 Å². The first kappa shape index (κ1) is 22.0. The van der Waals surface area contributed by atoms with Crippen molar-refractivity contribution in [2.45, 2.75) is 4.90 Å². The van der Waals surface area contributed by atoms with E-state index in [1.165, 1.54) is 49.0 Å². The van der Waals surface area contributed by atoms with Crippen LogP contribution in [-0.4, -0.2) is 42.6 Å². The van der Waals surface area contributed by atoms with Crippen LogP contribution in [-0.2, 0) is 14.9 Å². The number of amides is 3.